The molecule has 1 atom stereocenters. The highest BCUT2D eigenvalue weighted by Crippen LogP contribution is 2.31. The highest BCUT2D eigenvalue weighted by atomic mass is 35.5. The second kappa shape index (κ2) is 4.63. The maximum absolute atomic E-state index is 6.06. The van der Waals surface area contributed by atoms with Crippen LogP contribution >= 0.6 is 11.6 Å². The molecule has 0 aliphatic rings. The lowest BCUT2D eigenvalue weighted by molar-refractivity contribution is 0.795. The van der Waals surface area contributed by atoms with Gasteiger partial charge in [0.1, 0.15) is 12.2 Å². The average molecular weight is 252 g/mol. The summed E-state index contributed by atoms with van der Waals surface area (Å²) < 4.78 is 0. The first-order valence-corrected chi connectivity index (χ1v) is 5.63. The quantitative estimate of drug-likeness (QED) is 0.733. The monoisotopic (exact) mass is 251 g/mol. The smallest absolute Gasteiger partial charge is 0.146 e. The summed E-state index contributed by atoms with van der Waals surface area (Å²) in [5, 5.41) is 10.6. The lowest BCUT2D eigenvalue weighted by Crippen LogP contribution is -2.11. The molecule has 2 aromatic rings. The number of aromatic amines is 1. The van der Waals surface area contributed by atoms with Crippen LogP contribution in [0.15, 0.2) is 18.5 Å². The topological polar surface area (TPSA) is 79.6 Å². The van der Waals surface area contributed by atoms with Crippen LogP contribution in [-0.4, -0.2) is 15.2 Å². The fourth-order valence-corrected chi connectivity index (χ4v) is 1.76. The summed E-state index contributed by atoms with van der Waals surface area (Å²) in [6.07, 6.45) is 1.47. The molecular formula is C11H14ClN5. The van der Waals surface area contributed by atoms with Crippen molar-refractivity contribution in [1.82, 2.24) is 15.2 Å². The van der Waals surface area contributed by atoms with Crippen molar-refractivity contribution in [2.24, 2.45) is 0 Å². The van der Waals surface area contributed by atoms with Crippen LogP contribution in [0.5, 0.6) is 0 Å². The molecule has 0 radical (unpaired) electrons. The van der Waals surface area contributed by atoms with Crippen LogP contribution in [-0.2, 0) is 0 Å². The summed E-state index contributed by atoms with van der Waals surface area (Å²) in [4.78, 5) is 4.09. The molecule has 4 N–H and O–H groups in total. The third-order valence-electron chi connectivity index (χ3n) is 2.64. The molecule has 0 saturated heterocycles. The first-order chi connectivity index (χ1) is 8.09. The number of nitrogens with zero attached hydrogens (tertiary/aromatic N) is 2. The maximum atomic E-state index is 6.06. The van der Waals surface area contributed by atoms with Gasteiger partial charge in [0.25, 0.3) is 0 Å². The molecule has 0 fully saturated rings. The van der Waals surface area contributed by atoms with E-state index >= 15 is 0 Å². The molecule has 1 aromatic carbocycles. The van der Waals surface area contributed by atoms with E-state index in [1.165, 1.54) is 6.33 Å². The molecule has 1 heterocycles. The zero-order valence-corrected chi connectivity index (χ0v) is 10.4. The van der Waals surface area contributed by atoms with Crippen molar-refractivity contribution < 1.29 is 0 Å². The van der Waals surface area contributed by atoms with Gasteiger partial charge in [0, 0.05) is 5.02 Å². The number of hydrogen-bond acceptors (Lipinski definition) is 4. The van der Waals surface area contributed by atoms with E-state index < -0.39 is 0 Å². The molecular weight excluding hydrogens is 238 g/mol. The van der Waals surface area contributed by atoms with Crippen LogP contribution in [0.3, 0.4) is 0 Å². The number of halogens is 1. The Kier molecular flexibility index (Phi) is 3.19. The van der Waals surface area contributed by atoms with Crippen molar-refractivity contribution in [3.05, 3.63) is 34.9 Å². The molecule has 0 aliphatic carbocycles. The number of rotatable bonds is 3. The van der Waals surface area contributed by atoms with Gasteiger partial charge in [-0.3, -0.25) is 5.10 Å². The predicted octanol–water partition coefficient (Wildman–Crippen LogP) is 2.52. The molecule has 90 valence electrons. The lowest BCUT2D eigenvalue weighted by atomic mass is 10.1. The lowest BCUT2D eigenvalue weighted by Gasteiger charge is -2.17. The second-order valence-electron chi connectivity index (χ2n) is 3.87. The van der Waals surface area contributed by atoms with E-state index in [-0.39, 0.29) is 6.04 Å². The summed E-state index contributed by atoms with van der Waals surface area (Å²) in [6, 6.07) is 3.55. The SMILES string of the molecule is Cc1c(Cl)ccc(N)c1NC(C)c1ncn[nH]1. The van der Waals surface area contributed by atoms with E-state index in [0.717, 1.165) is 17.1 Å². The number of nitrogens with two attached hydrogens (primary N) is 1. The average Bonchev–Trinajstić information content (AvgIpc) is 2.83. The van der Waals surface area contributed by atoms with Gasteiger partial charge in [-0.25, -0.2) is 4.98 Å². The largest absolute Gasteiger partial charge is 0.397 e. The minimum absolute atomic E-state index is 0.0167. The fourth-order valence-electron chi connectivity index (χ4n) is 1.61. The van der Waals surface area contributed by atoms with Gasteiger partial charge in [-0.1, -0.05) is 11.6 Å². The van der Waals surface area contributed by atoms with Crippen LogP contribution in [0.25, 0.3) is 0 Å². The van der Waals surface area contributed by atoms with Crippen molar-refractivity contribution >= 4 is 23.0 Å². The molecule has 1 unspecified atom stereocenters. The van der Waals surface area contributed by atoms with Gasteiger partial charge in [-0.15, -0.1) is 0 Å². The summed E-state index contributed by atoms with van der Waals surface area (Å²) in [5.74, 6) is 0.753. The Morgan fingerprint density at radius 2 is 2.24 bits per heavy atom. The summed E-state index contributed by atoms with van der Waals surface area (Å²) in [6.45, 7) is 3.90. The maximum Gasteiger partial charge on any atom is 0.146 e. The highest BCUT2D eigenvalue weighted by molar-refractivity contribution is 6.31. The zero-order valence-electron chi connectivity index (χ0n) is 9.66. The van der Waals surface area contributed by atoms with Crippen molar-refractivity contribution in [2.45, 2.75) is 19.9 Å². The molecule has 0 saturated carbocycles. The summed E-state index contributed by atoms with van der Waals surface area (Å²) in [7, 11) is 0. The first kappa shape index (κ1) is 11.7. The van der Waals surface area contributed by atoms with Gasteiger partial charge >= 0.3 is 0 Å². The Morgan fingerprint density at radius 3 is 2.88 bits per heavy atom. The first-order valence-electron chi connectivity index (χ1n) is 5.26. The van der Waals surface area contributed by atoms with E-state index in [9.17, 15) is 0 Å². The van der Waals surface area contributed by atoms with E-state index in [2.05, 4.69) is 20.5 Å². The van der Waals surface area contributed by atoms with Gasteiger partial charge in [0.2, 0.25) is 0 Å². The normalized spacial score (nSPS) is 12.4. The standard InChI is InChI=1S/C11H14ClN5/c1-6-8(12)3-4-9(13)10(6)16-7(2)11-14-5-15-17-11/h3-5,7,16H,13H2,1-2H3,(H,14,15,17). The van der Waals surface area contributed by atoms with Crippen LogP contribution < -0.4 is 11.1 Å². The van der Waals surface area contributed by atoms with E-state index in [1.807, 2.05) is 13.8 Å². The predicted molar refractivity (Wildman–Crippen MR) is 69.0 cm³/mol. The van der Waals surface area contributed by atoms with Crippen molar-refractivity contribution in [1.29, 1.82) is 0 Å². The Hall–Kier alpha value is -1.75. The van der Waals surface area contributed by atoms with Gasteiger partial charge in [0.05, 0.1) is 17.4 Å². The molecule has 0 amide bonds. The second-order valence-corrected chi connectivity index (χ2v) is 4.28. The number of nitrogens with one attached hydrogen (secondary N) is 2. The number of anilines is 2. The molecule has 2 rings (SSSR count). The minimum atomic E-state index is -0.0167. The molecule has 0 spiro atoms. The van der Waals surface area contributed by atoms with Gasteiger partial charge in [-0.05, 0) is 31.5 Å². The molecule has 0 bridgehead atoms. The zero-order chi connectivity index (χ0) is 12.4. The summed E-state index contributed by atoms with van der Waals surface area (Å²) in [5.41, 5.74) is 8.35. The molecule has 6 heteroatoms. The molecule has 5 nitrogen and oxygen atoms in total. The number of benzene rings is 1. The van der Waals surface area contributed by atoms with Crippen LogP contribution in [0.4, 0.5) is 11.4 Å². The number of nitrogen functional groups attached to an aromatic ring is 1. The van der Waals surface area contributed by atoms with Crippen LogP contribution in [0, 0.1) is 6.92 Å². The Morgan fingerprint density at radius 1 is 1.47 bits per heavy atom. The van der Waals surface area contributed by atoms with Crippen molar-refractivity contribution in [3.8, 4) is 0 Å². The fraction of sp³-hybridized carbons (Fsp3) is 0.273. The van der Waals surface area contributed by atoms with E-state index in [0.29, 0.717) is 10.7 Å². The van der Waals surface area contributed by atoms with Crippen LogP contribution in [0.1, 0.15) is 24.4 Å². The Bertz CT molecular complexity index is 509. The van der Waals surface area contributed by atoms with Gasteiger partial charge in [0.15, 0.2) is 0 Å². The third-order valence-corrected chi connectivity index (χ3v) is 3.05. The number of aromatic nitrogens is 3. The van der Waals surface area contributed by atoms with Gasteiger partial charge < -0.3 is 11.1 Å². The molecule has 1 aromatic heterocycles. The Labute approximate surface area is 104 Å². The van der Waals surface area contributed by atoms with Crippen molar-refractivity contribution in [2.75, 3.05) is 11.1 Å². The van der Waals surface area contributed by atoms with E-state index in [1.54, 1.807) is 12.1 Å². The number of hydrogen-bond donors (Lipinski definition) is 3. The van der Waals surface area contributed by atoms with Crippen LogP contribution in [0.2, 0.25) is 5.02 Å². The highest BCUT2D eigenvalue weighted by Gasteiger charge is 2.12. The minimum Gasteiger partial charge on any atom is -0.397 e. The van der Waals surface area contributed by atoms with Crippen molar-refractivity contribution in [3.63, 3.8) is 0 Å². The van der Waals surface area contributed by atoms with E-state index in [4.69, 9.17) is 17.3 Å². The molecule has 0 aliphatic heterocycles. The number of H-pyrrole nitrogens is 1. The third kappa shape index (κ3) is 2.34. The Balaban J connectivity index is 2.27. The van der Waals surface area contributed by atoms with Gasteiger partial charge in [-0.2, -0.15) is 5.10 Å². The molecule has 17 heavy (non-hydrogen) atoms. The summed E-state index contributed by atoms with van der Waals surface area (Å²) >= 11 is 6.06.